The van der Waals surface area contributed by atoms with Crippen molar-refractivity contribution in [2.75, 3.05) is 7.11 Å². The van der Waals surface area contributed by atoms with E-state index in [-0.39, 0.29) is 0 Å². The first-order chi connectivity index (χ1) is 5.96. The van der Waals surface area contributed by atoms with Gasteiger partial charge in [0.1, 0.15) is 5.69 Å². The maximum atomic E-state index is 11.2. The molecule has 0 aliphatic heterocycles. The van der Waals surface area contributed by atoms with Gasteiger partial charge in [-0.3, -0.25) is 0 Å². The van der Waals surface area contributed by atoms with Crippen molar-refractivity contribution in [1.29, 1.82) is 0 Å². The largest absolute Gasteiger partial charge is 0.464 e. The summed E-state index contributed by atoms with van der Waals surface area (Å²) in [6.07, 6.45) is 1.67. The van der Waals surface area contributed by atoms with Gasteiger partial charge in [-0.2, -0.15) is 0 Å². The van der Waals surface area contributed by atoms with Gasteiger partial charge in [-0.05, 0) is 19.9 Å². The summed E-state index contributed by atoms with van der Waals surface area (Å²) in [7, 11) is 1.34. The van der Waals surface area contributed by atoms with Crippen molar-refractivity contribution < 1.29 is 9.53 Å². The van der Waals surface area contributed by atoms with Gasteiger partial charge in [-0.25, -0.2) is 4.79 Å². The second kappa shape index (κ2) is 3.42. The average Bonchev–Trinajstić information content (AvgIpc) is 2.49. The van der Waals surface area contributed by atoms with Crippen LogP contribution < -0.4 is 0 Å². The summed E-state index contributed by atoms with van der Waals surface area (Å²) in [5, 5.41) is 0. The van der Waals surface area contributed by atoms with E-state index in [1.807, 2.05) is 13.8 Å². The van der Waals surface area contributed by atoms with Crippen molar-refractivity contribution >= 4 is 17.6 Å². The molecule has 0 saturated heterocycles. The van der Waals surface area contributed by atoms with Gasteiger partial charge >= 0.3 is 5.97 Å². The second-order valence-corrected chi connectivity index (χ2v) is 4.18. The Balaban J connectivity index is 3.10. The summed E-state index contributed by atoms with van der Waals surface area (Å²) < 4.78 is 4.60. The third-order valence-electron chi connectivity index (χ3n) is 1.78. The van der Waals surface area contributed by atoms with Crippen LogP contribution in [0, 0.1) is 0 Å². The first-order valence-corrected chi connectivity index (χ1v) is 4.29. The van der Waals surface area contributed by atoms with E-state index < -0.39 is 10.8 Å². The lowest BCUT2D eigenvalue weighted by molar-refractivity contribution is 0.0592. The van der Waals surface area contributed by atoms with E-state index in [1.54, 1.807) is 12.3 Å². The number of ether oxygens (including phenoxy) is 1. The molecule has 0 aliphatic rings. The van der Waals surface area contributed by atoms with Crippen LogP contribution in [0.1, 0.15) is 29.9 Å². The molecule has 1 N–H and O–H groups in total. The number of aromatic nitrogens is 1. The first kappa shape index (κ1) is 10.1. The van der Waals surface area contributed by atoms with Crippen LogP contribution in [-0.2, 0) is 9.61 Å². The highest BCUT2D eigenvalue weighted by atomic mass is 35.5. The Labute approximate surface area is 82.0 Å². The minimum Gasteiger partial charge on any atom is -0.464 e. The van der Waals surface area contributed by atoms with Crippen LogP contribution in [0.15, 0.2) is 12.3 Å². The van der Waals surface area contributed by atoms with E-state index in [1.165, 1.54) is 7.11 Å². The molecular weight excluding hydrogens is 190 g/mol. The highest BCUT2D eigenvalue weighted by Crippen LogP contribution is 2.30. The highest BCUT2D eigenvalue weighted by molar-refractivity contribution is 6.24. The number of methoxy groups -OCH3 is 1. The number of nitrogens with one attached hydrogen (secondary N) is 1. The summed E-state index contributed by atoms with van der Waals surface area (Å²) in [5.74, 6) is -0.395. The molecule has 0 amide bonds. The third kappa shape index (κ3) is 2.04. The molecule has 0 bridgehead atoms. The molecule has 0 fully saturated rings. The molecule has 0 aromatic carbocycles. The molecule has 0 atom stereocenters. The van der Waals surface area contributed by atoms with E-state index >= 15 is 0 Å². The smallest absolute Gasteiger partial charge is 0.354 e. The summed E-state index contributed by atoms with van der Waals surface area (Å²) in [5.41, 5.74) is 1.17. The lowest BCUT2D eigenvalue weighted by Crippen LogP contribution is -2.14. The van der Waals surface area contributed by atoms with E-state index in [2.05, 4.69) is 9.72 Å². The molecule has 1 aromatic heterocycles. The fourth-order valence-electron chi connectivity index (χ4n) is 1.14. The third-order valence-corrected chi connectivity index (χ3v) is 1.98. The molecule has 0 unspecified atom stereocenters. The Kier molecular flexibility index (Phi) is 2.66. The molecule has 72 valence electrons. The number of hydrogen-bond acceptors (Lipinski definition) is 2. The molecule has 13 heavy (non-hydrogen) atoms. The fraction of sp³-hybridized carbons (Fsp3) is 0.444. The molecule has 0 aliphatic carbocycles. The van der Waals surface area contributed by atoms with Crippen molar-refractivity contribution in [3.63, 3.8) is 0 Å². The van der Waals surface area contributed by atoms with E-state index in [0.29, 0.717) is 5.69 Å². The van der Waals surface area contributed by atoms with E-state index in [0.717, 1.165) is 5.56 Å². The Morgan fingerprint density at radius 3 is 2.69 bits per heavy atom. The molecular formula is C9H12ClNO2. The topological polar surface area (TPSA) is 42.1 Å². The first-order valence-electron chi connectivity index (χ1n) is 3.92. The van der Waals surface area contributed by atoms with Crippen LogP contribution in [0.5, 0.6) is 0 Å². The number of esters is 1. The molecule has 1 heterocycles. The van der Waals surface area contributed by atoms with Crippen LogP contribution >= 0.6 is 11.6 Å². The lowest BCUT2D eigenvalue weighted by Gasteiger charge is -2.15. The minimum absolute atomic E-state index is 0.395. The molecule has 1 aromatic rings. The van der Waals surface area contributed by atoms with Gasteiger partial charge in [0.15, 0.2) is 0 Å². The average molecular weight is 202 g/mol. The van der Waals surface area contributed by atoms with Crippen LogP contribution in [0.4, 0.5) is 0 Å². The number of carbonyl (C=O) groups excluding carboxylic acids is 1. The molecule has 0 spiro atoms. The SMILES string of the molecule is COC(=O)c1[nH]ccc1C(C)(C)Cl. The highest BCUT2D eigenvalue weighted by Gasteiger charge is 2.24. The number of carbonyl (C=O) groups is 1. The van der Waals surface area contributed by atoms with Crippen molar-refractivity contribution in [2.24, 2.45) is 0 Å². The van der Waals surface area contributed by atoms with Gasteiger partial charge in [0, 0.05) is 11.8 Å². The Hall–Kier alpha value is -0.960. The van der Waals surface area contributed by atoms with Crippen LogP contribution in [-0.4, -0.2) is 18.1 Å². The van der Waals surface area contributed by atoms with Crippen molar-refractivity contribution in [1.82, 2.24) is 4.98 Å². The number of H-pyrrole nitrogens is 1. The molecule has 1 rings (SSSR count). The summed E-state index contributed by atoms with van der Waals surface area (Å²) in [6, 6.07) is 1.78. The number of halogens is 1. The Morgan fingerprint density at radius 1 is 1.62 bits per heavy atom. The maximum absolute atomic E-state index is 11.2. The quantitative estimate of drug-likeness (QED) is 0.589. The standard InChI is InChI=1S/C9H12ClNO2/c1-9(2,10)6-4-5-11-7(6)8(12)13-3/h4-5,11H,1-3H3. The predicted octanol–water partition coefficient (Wildman–Crippen LogP) is 2.28. The predicted molar refractivity (Wildman–Crippen MR) is 51.0 cm³/mol. The van der Waals surface area contributed by atoms with E-state index in [4.69, 9.17) is 11.6 Å². The summed E-state index contributed by atoms with van der Waals surface area (Å²) in [4.78, 5) is 13.5. The number of hydrogen-bond donors (Lipinski definition) is 1. The molecule has 4 heteroatoms. The van der Waals surface area contributed by atoms with Crippen LogP contribution in [0.25, 0.3) is 0 Å². The Morgan fingerprint density at radius 2 is 2.23 bits per heavy atom. The number of alkyl halides is 1. The van der Waals surface area contributed by atoms with Gasteiger partial charge in [-0.15, -0.1) is 11.6 Å². The normalized spacial score (nSPS) is 11.4. The minimum atomic E-state index is -0.566. The van der Waals surface area contributed by atoms with Gasteiger partial charge in [0.05, 0.1) is 12.0 Å². The van der Waals surface area contributed by atoms with Gasteiger partial charge < -0.3 is 9.72 Å². The zero-order valence-corrected chi connectivity index (χ0v) is 8.61. The zero-order chi connectivity index (χ0) is 10.1. The van der Waals surface area contributed by atoms with E-state index in [9.17, 15) is 4.79 Å². The molecule has 3 nitrogen and oxygen atoms in total. The Bertz CT molecular complexity index is 312. The van der Waals surface area contributed by atoms with Crippen molar-refractivity contribution in [3.05, 3.63) is 23.5 Å². The number of aromatic amines is 1. The van der Waals surface area contributed by atoms with Crippen molar-refractivity contribution in [2.45, 2.75) is 18.7 Å². The monoisotopic (exact) mass is 201 g/mol. The maximum Gasteiger partial charge on any atom is 0.354 e. The lowest BCUT2D eigenvalue weighted by atomic mass is 10.0. The van der Waals surface area contributed by atoms with Gasteiger partial charge in [0.25, 0.3) is 0 Å². The van der Waals surface area contributed by atoms with Crippen molar-refractivity contribution in [3.8, 4) is 0 Å². The summed E-state index contributed by atoms with van der Waals surface area (Å²) in [6.45, 7) is 3.65. The zero-order valence-electron chi connectivity index (χ0n) is 7.85. The van der Waals surface area contributed by atoms with Crippen LogP contribution in [0.2, 0.25) is 0 Å². The van der Waals surface area contributed by atoms with Gasteiger partial charge in [-0.1, -0.05) is 0 Å². The van der Waals surface area contributed by atoms with Crippen LogP contribution in [0.3, 0.4) is 0 Å². The van der Waals surface area contributed by atoms with Gasteiger partial charge in [0.2, 0.25) is 0 Å². The fourth-order valence-corrected chi connectivity index (χ4v) is 1.29. The summed E-state index contributed by atoms with van der Waals surface area (Å²) >= 11 is 6.08. The molecule has 0 saturated carbocycles. The second-order valence-electron chi connectivity index (χ2n) is 3.23. The molecule has 0 radical (unpaired) electrons. The number of rotatable bonds is 2.